The Labute approximate surface area is 137 Å². The van der Waals surface area contributed by atoms with Crippen molar-refractivity contribution in [1.29, 1.82) is 0 Å². The van der Waals surface area contributed by atoms with Crippen LogP contribution in [0.1, 0.15) is 55.4 Å². The Balaban J connectivity index is 0.00000289. The maximum absolute atomic E-state index is 5.83. The smallest absolute Gasteiger partial charge is 0.439 e. The van der Waals surface area contributed by atoms with Crippen molar-refractivity contribution in [2.75, 3.05) is 0 Å². The molecule has 1 saturated heterocycles. The Hall–Kier alpha value is 1.06. The second-order valence-electron chi connectivity index (χ2n) is 6.39. The second kappa shape index (κ2) is 6.23. The van der Waals surface area contributed by atoms with Gasteiger partial charge in [0.1, 0.15) is 0 Å². The third-order valence-corrected chi connectivity index (χ3v) is 3.95. The number of hydrogen-bond donors (Lipinski definition) is 0. The van der Waals surface area contributed by atoms with E-state index in [-0.39, 0.29) is 47.9 Å². The molecule has 1 radical (unpaired) electrons. The maximum atomic E-state index is 5.83. The van der Waals surface area contributed by atoms with Gasteiger partial charge in [-0.3, -0.25) is 5.92 Å². The van der Waals surface area contributed by atoms with Crippen LogP contribution in [-0.4, -0.2) is 31.2 Å². The zero-order chi connectivity index (χ0) is 13.5. The van der Waals surface area contributed by atoms with Gasteiger partial charge >= 0.3 is 14.4 Å². The van der Waals surface area contributed by atoms with Gasteiger partial charge in [-0.25, -0.2) is 0 Å². The zero-order valence-electron chi connectivity index (χ0n) is 12.9. The molecule has 101 valence electrons. The van der Waals surface area contributed by atoms with Crippen molar-refractivity contribution in [3.05, 3.63) is 5.92 Å². The first-order valence-corrected chi connectivity index (χ1v) is 6.15. The van der Waals surface area contributed by atoms with E-state index in [1.807, 2.05) is 41.5 Å². The molecular formula is C12H24B2O3U-. The van der Waals surface area contributed by atoms with Crippen LogP contribution in [0, 0.1) is 37.0 Å². The molecule has 3 nitrogen and oxygen atoms in total. The van der Waals surface area contributed by atoms with Gasteiger partial charge in [0.25, 0.3) is 0 Å². The van der Waals surface area contributed by atoms with E-state index >= 15 is 0 Å². The van der Waals surface area contributed by atoms with Crippen LogP contribution in [-0.2, 0) is 14.0 Å². The predicted molar refractivity (Wildman–Crippen MR) is 71.6 cm³/mol. The summed E-state index contributed by atoms with van der Waals surface area (Å²) in [4.78, 5) is 0. The predicted octanol–water partition coefficient (Wildman–Crippen LogP) is 2.60. The molecule has 0 saturated carbocycles. The van der Waals surface area contributed by atoms with Gasteiger partial charge in [0.2, 0.25) is 0 Å². The summed E-state index contributed by atoms with van der Waals surface area (Å²) in [5.41, 5.74) is -0.914. The summed E-state index contributed by atoms with van der Waals surface area (Å²) in [7, 11) is 1.25. The summed E-state index contributed by atoms with van der Waals surface area (Å²) in [6, 6.07) is 0. The van der Waals surface area contributed by atoms with Gasteiger partial charge in [0.05, 0.1) is 11.2 Å². The third kappa shape index (κ3) is 4.28. The minimum absolute atomic E-state index is 0. The van der Waals surface area contributed by atoms with Crippen LogP contribution in [0.15, 0.2) is 0 Å². The molecule has 1 aliphatic rings. The van der Waals surface area contributed by atoms with Crippen molar-refractivity contribution in [3.63, 3.8) is 0 Å². The van der Waals surface area contributed by atoms with Crippen LogP contribution in [0.2, 0.25) is 0 Å². The number of rotatable bonds is 4. The van der Waals surface area contributed by atoms with E-state index in [9.17, 15) is 0 Å². The SMILES string of the molecule is C[C-](C)C(C)(C)O[B]B1OC(C)(C)C(C)(C)O1.[U]. The fourth-order valence-electron chi connectivity index (χ4n) is 1.29. The summed E-state index contributed by atoms with van der Waals surface area (Å²) in [5, 5.41) is 0. The number of hydrogen-bond acceptors (Lipinski definition) is 3. The van der Waals surface area contributed by atoms with E-state index in [0.29, 0.717) is 0 Å². The Morgan fingerprint density at radius 1 is 1.06 bits per heavy atom. The summed E-state index contributed by atoms with van der Waals surface area (Å²) >= 11 is 0. The van der Waals surface area contributed by atoms with Crippen LogP contribution >= 0.6 is 0 Å². The van der Waals surface area contributed by atoms with Crippen LogP contribution in [0.5, 0.6) is 0 Å². The Kier molecular flexibility index (Phi) is 6.59. The van der Waals surface area contributed by atoms with Gasteiger partial charge in [0, 0.05) is 31.1 Å². The molecule has 0 unspecified atom stereocenters. The van der Waals surface area contributed by atoms with Gasteiger partial charge in [-0.2, -0.15) is 13.8 Å². The van der Waals surface area contributed by atoms with Crippen molar-refractivity contribution >= 4 is 14.4 Å². The van der Waals surface area contributed by atoms with E-state index in [1.165, 1.54) is 5.92 Å². The molecule has 0 bridgehead atoms. The average molecular weight is 476 g/mol. The first-order valence-electron chi connectivity index (χ1n) is 6.15. The normalized spacial score (nSPS) is 21.9. The summed E-state index contributed by atoms with van der Waals surface area (Å²) < 4.78 is 17.4. The monoisotopic (exact) mass is 476 g/mol. The summed E-state index contributed by atoms with van der Waals surface area (Å²) in [6.07, 6.45) is 0. The largest absolute Gasteiger partial charge is 0.468 e. The van der Waals surface area contributed by atoms with Gasteiger partial charge in [-0.05, 0) is 27.7 Å². The van der Waals surface area contributed by atoms with Crippen molar-refractivity contribution in [1.82, 2.24) is 0 Å². The third-order valence-electron chi connectivity index (χ3n) is 3.95. The summed E-state index contributed by atoms with van der Waals surface area (Å²) in [5.74, 6) is 1.21. The molecule has 0 aromatic heterocycles. The zero-order valence-corrected chi connectivity index (χ0v) is 17.0. The molecule has 0 aromatic rings. The molecule has 0 atom stereocenters. The van der Waals surface area contributed by atoms with E-state index < -0.39 is 7.01 Å². The standard InChI is InChI=1S/C12H24B2O3.U/c1-9(2)10(3,4)15-13-14-16-11(5,6)12(7,8)17-14;/h1-8H3;/q-1;. The molecule has 1 rings (SSSR count). The van der Waals surface area contributed by atoms with Gasteiger partial charge in [-0.1, -0.05) is 19.4 Å². The van der Waals surface area contributed by atoms with Crippen molar-refractivity contribution in [2.24, 2.45) is 0 Å². The maximum Gasteiger partial charge on any atom is 0.439 e. The molecule has 6 heteroatoms. The molecule has 0 N–H and O–H groups in total. The van der Waals surface area contributed by atoms with Crippen LogP contribution in [0.4, 0.5) is 0 Å². The van der Waals surface area contributed by atoms with Crippen molar-refractivity contribution < 1.29 is 45.1 Å². The molecule has 0 spiro atoms. The van der Waals surface area contributed by atoms with Crippen LogP contribution in [0.3, 0.4) is 0 Å². The van der Waals surface area contributed by atoms with E-state index in [2.05, 4.69) is 13.8 Å². The quantitative estimate of drug-likeness (QED) is 0.462. The van der Waals surface area contributed by atoms with Crippen molar-refractivity contribution in [2.45, 2.75) is 72.2 Å². The van der Waals surface area contributed by atoms with E-state index in [4.69, 9.17) is 14.0 Å². The molecule has 0 aromatic carbocycles. The Morgan fingerprint density at radius 3 is 1.78 bits per heavy atom. The molecule has 1 fully saturated rings. The van der Waals surface area contributed by atoms with Crippen LogP contribution < -0.4 is 0 Å². The van der Waals surface area contributed by atoms with Gasteiger partial charge in [0.15, 0.2) is 0 Å². The molecule has 18 heavy (non-hydrogen) atoms. The Bertz CT molecular complexity index is 264. The fraction of sp³-hybridized carbons (Fsp3) is 0.917. The minimum Gasteiger partial charge on any atom is -0.468 e. The average Bonchev–Trinajstić information content (AvgIpc) is 2.32. The van der Waals surface area contributed by atoms with Crippen molar-refractivity contribution in [3.8, 4) is 0 Å². The molecule has 1 aliphatic heterocycles. The van der Waals surface area contributed by atoms with Gasteiger partial charge < -0.3 is 14.0 Å². The Morgan fingerprint density at radius 2 is 1.44 bits per heavy atom. The summed E-state index contributed by atoms with van der Waals surface area (Å²) in [6.45, 7) is 16.3. The fourth-order valence-corrected chi connectivity index (χ4v) is 1.29. The van der Waals surface area contributed by atoms with Gasteiger partial charge in [-0.15, -0.1) is 0 Å². The molecular weight excluding hydrogens is 452 g/mol. The first-order chi connectivity index (χ1) is 7.48. The van der Waals surface area contributed by atoms with E-state index in [1.54, 1.807) is 7.37 Å². The topological polar surface area (TPSA) is 27.7 Å². The molecule has 1 heterocycles. The minimum atomic E-state index is -0.404. The molecule has 0 amide bonds. The second-order valence-corrected chi connectivity index (χ2v) is 6.39. The molecule has 0 aliphatic carbocycles. The van der Waals surface area contributed by atoms with Crippen LogP contribution in [0.25, 0.3) is 0 Å². The van der Waals surface area contributed by atoms with E-state index in [0.717, 1.165) is 0 Å². The first kappa shape index (κ1) is 19.1.